The Morgan fingerprint density at radius 2 is 2.00 bits per heavy atom. The van der Waals surface area contributed by atoms with E-state index in [1.165, 1.54) is 24.4 Å². The molecule has 1 aliphatic heterocycles. The first kappa shape index (κ1) is 21.9. The molecule has 3 aromatic rings. The zero-order valence-corrected chi connectivity index (χ0v) is 18.1. The van der Waals surface area contributed by atoms with Crippen molar-refractivity contribution in [2.24, 2.45) is 10.7 Å². The number of hydrogen-bond acceptors (Lipinski definition) is 5. The number of nitrogens with zero attached hydrogens (tertiary/aromatic N) is 2. The summed E-state index contributed by atoms with van der Waals surface area (Å²) in [5.41, 5.74) is 6.95. The third-order valence-corrected chi connectivity index (χ3v) is 5.57. The summed E-state index contributed by atoms with van der Waals surface area (Å²) in [5.74, 6) is -0.593. The molecule has 6 nitrogen and oxygen atoms in total. The number of pyridine rings is 1. The van der Waals surface area contributed by atoms with Crippen molar-refractivity contribution in [3.8, 4) is 0 Å². The maximum atomic E-state index is 15.0. The molecule has 0 fully saturated rings. The lowest BCUT2D eigenvalue weighted by Gasteiger charge is -2.29. The number of amidine groups is 1. The number of halogens is 2. The predicted molar refractivity (Wildman–Crippen MR) is 122 cm³/mol. The zero-order chi connectivity index (χ0) is 22.7. The number of nitrogens with two attached hydrogens (primary N) is 1. The minimum absolute atomic E-state index is 0.148. The number of ether oxygens (including phenoxy) is 1. The molecule has 2 heterocycles. The van der Waals surface area contributed by atoms with Crippen molar-refractivity contribution in [1.29, 1.82) is 0 Å². The van der Waals surface area contributed by atoms with Crippen LogP contribution in [0.4, 0.5) is 10.1 Å². The van der Waals surface area contributed by atoms with Gasteiger partial charge in [-0.2, -0.15) is 0 Å². The average Bonchev–Trinajstić information content (AvgIpc) is 2.94. The van der Waals surface area contributed by atoms with Crippen LogP contribution in [0.3, 0.4) is 0 Å². The largest absolute Gasteiger partial charge is 0.386 e. The lowest BCUT2D eigenvalue weighted by atomic mass is 9.84. The fraction of sp³-hybridized carbons (Fsp3) is 0.208. The fourth-order valence-electron chi connectivity index (χ4n) is 3.77. The van der Waals surface area contributed by atoms with Gasteiger partial charge in [0.1, 0.15) is 24.0 Å². The van der Waals surface area contributed by atoms with E-state index in [-0.39, 0.29) is 24.2 Å². The van der Waals surface area contributed by atoms with E-state index in [9.17, 15) is 4.79 Å². The van der Waals surface area contributed by atoms with Gasteiger partial charge >= 0.3 is 0 Å². The molecule has 0 saturated carbocycles. The van der Waals surface area contributed by atoms with E-state index < -0.39 is 17.3 Å². The lowest BCUT2D eigenvalue weighted by Crippen LogP contribution is -2.26. The summed E-state index contributed by atoms with van der Waals surface area (Å²) in [6, 6.07) is 17.1. The normalized spacial score (nSPS) is 20.8. The SMILES string of the molecule is C[C@@]1(c2cc(NC(=O)c3ccc(Cl)cn3)ccc2F)C[C@@H](c2ccccc2)OCC(N)=N1. The monoisotopic (exact) mass is 452 g/mol. The summed E-state index contributed by atoms with van der Waals surface area (Å²) < 4.78 is 21.0. The number of nitrogens with one attached hydrogen (secondary N) is 1. The summed E-state index contributed by atoms with van der Waals surface area (Å²) in [7, 11) is 0. The molecular weight excluding hydrogens is 431 g/mol. The molecule has 164 valence electrons. The molecule has 2 aromatic carbocycles. The van der Waals surface area contributed by atoms with Crippen LogP contribution in [0.1, 0.15) is 41.1 Å². The van der Waals surface area contributed by atoms with E-state index in [0.717, 1.165) is 5.56 Å². The Morgan fingerprint density at radius 3 is 2.72 bits per heavy atom. The van der Waals surface area contributed by atoms with E-state index in [1.807, 2.05) is 37.3 Å². The van der Waals surface area contributed by atoms with Gasteiger partial charge in [-0.1, -0.05) is 41.9 Å². The first-order valence-electron chi connectivity index (χ1n) is 10.1. The summed E-state index contributed by atoms with van der Waals surface area (Å²) in [6.45, 7) is 1.96. The number of rotatable bonds is 4. The molecule has 0 aliphatic carbocycles. The van der Waals surface area contributed by atoms with Crippen LogP contribution in [0.25, 0.3) is 0 Å². The highest BCUT2D eigenvalue weighted by molar-refractivity contribution is 6.30. The Kier molecular flexibility index (Phi) is 6.21. The van der Waals surface area contributed by atoms with Crippen LogP contribution in [0.5, 0.6) is 0 Å². The van der Waals surface area contributed by atoms with Crippen molar-refractivity contribution >= 4 is 29.0 Å². The van der Waals surface area contributed by atoms with E-state index in [2.05, 4.69) is 15.3 Å². The van der Waals surface area contributed by atoms with Crippen LogP contribution in [0.15, 0.2) is 71.9 Å². The number of carbonyl (C=O) groups is 1. The Balaban J connectivity index is 1.65. The van der Waals surface area contributed by atoms with Gasteiger partial charge in [0.15, 0.2) is 0 Å². The number of benzene rings is 2. The maximum absolute atomic E-state index is 15.0. The molecule has 1 aliphatic rings. The lowest BCUT2D eigenvalue weighted by molar-refractivity contribution is 0.0647. The number of anilines is 1. The highest BCUT2D eigenvalue weighted by Crippen LogP contribution is 2.40. The van der Waals surface area contributed by atoms with Crippen molar-refractivity contribution in [3.63, 3.8) is 0 Å². The molecule has 1 aromatic heterocycles. The number of amides is 1. The summed E-state index contributed by atoms with van der Waals surface area (Å²) in [5, 5.41) is 3.18. The molecule has 0 saturated heterocycles. The molecule has 8 heteroatoms. The Bertz CT molecular complexity index is 1150. The molecular formula is C24H22ClFN4O2. The van der Waals surface area contributed by atoms with Crippen molar-refractivity contribution in [2.45, 2.75) is 25.0 Å². The van der Waals surface area contributed by atoms with Gasteiger partial charge in [-0.3, -0.25) is 9.79 Å². The molecule has 3 N–H and O–H groups in total. The minimum Gasteiger partial charge on any atom is -0.386 e. The number of carbonyl (C=O) groups excluding carboxylic acids is 1. The van der Waals surface area contributed by atoms with Gasteiger partial charge in [0.2, 0.25) is 0 Å². The molecule has 0 bridgehead atoms. The number of aliphatic imine (C=N–C) groups is 1. The smallest absolute Gasteiger partial charge is 0.274 e. The Hall–Kier alpha value is -3.29. The van der Waals surface area contributed by atoms with Crippen LogP contribution < -0.4 is 11.1 Å². The Labute approximate surface area is 190 Å². The van der Waals surface area contributed by atoms with Crippen LogP contribution in [0, 0.1) is 5.82 Å². The molecule has 32 heavy (non-hydrogen) atoms. The maximum Gasteiger partial charge on any atom is 0.274 e. The van der Waals surface area contributed by atoms with Gasteiger partial charge in [-0.15, -0.1) is 0 Å². The third kappa shape index (κ3) is 4.79. The van der Waals surface area contributed by atoms with Gasteiger partial charge in [0.05, 0.1) is 16.7 Å². The molecule has 0 radical (unpaired) electrons. The molecule has 0 spiro atoms. The third-order valence-electron chi connectivity index (χ3n) is 5.34. The van der Waals surface area contributed by atoms with E-state index in [1.54, 1.807) is 12.1 Å². The van der Waals surface area contributed by atoms with Gasteiger partial charge < -0.3 is 15.8 Å². The van der Waals surface area contributed by atoms with E-state index in [4.69, 9.17) is 22.1 Å². The van der Waals surface area contributed by atoms with Gasteiger partial charge in [0.25, 0.3) is 5.91 Å². The predicted octanol–water partition coefficient (Wildman–Crippen LogP) is 4.86. The van der Waals surface area contributed by atoms with Crippen molar-refractivity contribution in [2.75, 3.05) is 11.9 Å². The first-order valence-corrected chi connectivity index (χ1v) is 10.5. The summed E-state index contributed by atoms with van der Waals surface area (Å²) >= 11 is 5.83. The highest BCUT2D eigenvalue weighted by Gasteiger charge is 2.36. The molecule has 4 rings (SSSR count). The number of aromatic nitrogens is 1. The Morgan fingerprint density at radius 1 is 1.22 bits per heavy atom. The second-order valence-corrected chi connectivity index (χ2v) is 8.24. The van der Waals surface area contributed by atoms with Gasteiger partial charge in [0, 0.05) is 23.9 Å². The average molecular weight is 453 g/mol. The van der Waals surface area contributed by atoms with Gasteiger partial charge in [-0.25, -0.2) is 9.37 Å². The van der Waals surface area contributed by atoms with Crippen LogP contribution in [-0.2, 0) is 10.3 Å². The highest BCUT2D eigenvalue weighted by atomic mass is 35.5. The molecule has 2 atom stereocenters. The van der Waals surface area contributed by atoms with E-state index >= 15 is 4.39 Å². The standard InChI is InChI=1S/C24H22ClFN4O2/c1-24(12-21(32-14-22(27)30-24)15-5-3-2-4-6-15)18-11-17(8-9-19(18)26)29-23(31)20-10-7-16(25)13-28-20/h2-11,13,21H,12,14H2,1H3,(H2,27,30)(H,29,31)/t21-,24-/m0/s1. The first-order chi connectivity index (χ1) is 15.3. The topological polar surface area (TPSA) is 89.6 Å². The van der Waals surface area contributed by atoms with Crippen LogP contribution in [0.2, 0.25) is 5.02 Å². The van der Waals surface area contributed by atoms with Crippen LogP contribution in [-0.4, -0.2) is 23.3 Å². The summed E-state index contributed by atoms with van der Waals surface area (Å²) in [4.78, 5) is 21.1. The molecule has 1 amide bonds. The van der Waals surface area contributed by atoms with Crippen molar-refractivity contribution in [1.82, 2.24) is 4.98 Å². The molecule has 0 unspecified atom stereocenters. The minimum atomic E-state index is -0.996. The quantitative estimate of drug-likeness (QED) is 0.591. The van der Waals surface area contributed by atoms with Crippen molar-refractivity contribution in [3.05, 3.63) is 94.5 Å². The fourth-order valence-corrected chi connectivity index (χ4v) is 3.89. The second kappa shape index (κ2) is 9.06. The van der Waals surface area contributed by atoms with Crippen LogP contribution >= 0.6 is 11.6 Å². The van der Waals surface area contributed by atoms with Crippen molar-refractivity contribution < 1.29 is 13.9 Å². The number of hydrogen-bond donors (Lipinski definition) is 2. The van der Waals surface area contributed by atoms with E-state index in [0.29, 0.717) is 22.7 Å². The summed E-state index contributed by atoms with van der Waals surface area (Å²) in [6.07, 6.45) is 1.45. The van der Waals surface area contributed by atoms with Gasteiger partial charge in [-0.05, 0) is 42.8 Å². The zero-order valence-electron chi connectivity index (χ0n) is 17.4. The second-order valence-electron chi connectivity index (χ2n) is 7.80.